The van der Waals surface area contributed by atoms with Crippen molar-refractivity contribution in [2.45, 2.75) is 59.2 Å². The first kappa shape index (κ1) is 15.9. The van der Waals surface area contributed by atoms with E-state index in [1.54, 1.807) is 0 Å². The molecule has 1 N–H and O–H groups in total. The highest BCUT2D eigenvalue weighted by Gasteiger charge is 2.20. The maximum absolute atomic E-state index is 5.53. The van der Waals surface area contributed by atoms with E-state index in [2.05, 4.69) is 12.2 Å². The fourth-order valence-electron chi connectivity index (χ4n) is 2.79. The zero-order valence-corrected chi connectivity index (χ0v) is 12.4. The van der Waals surface area contributed by atoms with Gasteiger partial charge in [0.2, 0.25) is 0 Å². The molecule has 0 aliphatic heterocycles. The monoisotopic (exact) mass is 257 g/mol. The average Bonchev–Trinajstić information content (AvgIpc) is 2.37. The summed E-state index contributed by atoms with van der Waals surface area (Å²) in [5, 5.41) is 3.57. The molecule has 1 rings (SSSR count). The smallest absolute Gasteiger partial charge is 0.158 e. The molecule has 0 saturated heterocycles. The van der Waals surface area contributed by atoms with Crippen LogP contribution in [0.25, 0.3) is 0 Å². The second-order valence-electron chi connectivity index (χ2n) is 5.35. The van der Waals surface area contributed by atoms with Gasteiger partial charge in [0.25, 0.3) is 0 Å². The highest BCUT2D eigenvalue weighted by molar-refractivity contribution is 4.74. The van der Waals surface area contributed by atoms with Gasteiger partial charge in [0.05, 0.1) is 0 Å². The van der Waals surface area contributed by atoms with Crippen LogP contribution in [0.1, 0.15) is 52.9 Å². The Labute approximate surface area is 113 Å². The molecule has 3 nitrogen and oxygen atoms in total. The summed E-state index contributed by atoms with van der Waals surface area (Å²) in [6, 6.07) is 0. The lowest BCUT2D eigenvalue weighted by molar-refractivity contribution is -0.138. The fraction of sp³-hybridized carbons (Fsp3) is 1.00. The van der Waals surface area contributed by atoms with Gasteiger partial charge in [-0.3, -0.25) is 0 Å². The van der Waals surface area contributed by atoms with Crippen LogP contribution in [0.2, 0.25) is 0 Å². The molecule has 108 valence electrons. The van der Waals surface area contributed by atoms with Crippen LogP contribution in [0.5, 0.6) is 0 Å². The van der Waals surface area contributed by atoms with Crippen LogP contribution >= 0.6 is 0 Å². The summed E-state index contributed by atoms with van der Waals surface area (Å²) < 4.78 is 11.1. The van der Waals surface area contributed by atoms with Crippen LogP contribution in [0.15, 0.2) is 0 Å². The van der Waals surface area contributed by atoms with Gasteiger partial charge in [-0.25, -0.2) is 0 Å². The molecule has 0 bridgehead atoms. The van der Waals surface area contributed by atoms with Gasteiger partial charge in [-0.05, 0) is 45.2 Å². The molecule has 0 radical (unpaired) electrons. The van der Waals surface area contributed by atoms with Crippen molar-refractivity contribution in [2.75, 3.05) is 26.3 Å². The molecule has 1 saturated carbocycles. The van der Waals surface area contributed by atoms with Crippen LogP contribution in [-0.2, 0) is 9.47 Å². The SMILES string of the molecule is CCOC(CCNCC1CCCCC1C)OCC. The third kappa shape index (κ3) is 6.17. The van der Waals surface area contributed by atoms with Crippen LogP contribution in [0.4, 0.5) is 0 Å². The van der Waals surface area contributed by atoms with E-state index in [1.165, 1.54) is 25.7 Å². The van der Waals surface area contributed by atoms with E-state index < -0.39 is 0 Å². The van der Waals surface area contributed by atoms with Crippen molar-refractivity contribution < 1.29 is 9.47 Å². The van der Waals surface area contributed by atoms with E-state index >= 15 is 0 Å². The van der Waals surface area contributed by atoms with Gasteiger partial charge < -0.3 is 14.8 Å². The van der Waals surface area contributed by atoms with E-state index in [0.29, 0.717) is 0 Å². The second-order valence-corrected chi connectivity index (χ2v) is 5.35. The van der Waals surface area contributed by atoms with Gasteiger partial charge in [-0.2, -0.15) is 0 Å². The van der Waals surface area contributed by atoms with Crippen molar-refractivity contribution in [2.24, 2.45) is 11.8 Å². The molecule has 0 aromatic heterocycles. The Morgan fingerprint density at radius 2 is 1.78 bits per heavy atom. The van der Waals surface area contributed by atoms with Gasteiger partial charge >= 0.3 is 0 Å². The largest absolute Gasteiger partial charge is 0.353 e. The Morgan fingerprint density at radius 1 is 1.11 bits per heavy atom. The van der Waals surface area contributed by atoms with Gasteiger partial charge in [0.1, 0.15) is 0 Å². The van der Waals surface area contributed by atoms with Gasteiger partial charge in [-0.1, -0.05) is 26.2 Å². The quantitative estimate of drug-likeness (QED) is 0.508. The first-order chi connectivity index (χ1) is 8.77. The zero-order valence-electron chi connectivity index (χ0n) is 12.4. The number of hydrogen-bond acceptors (Lipinski definition) is 3. The van der Waals surface area contributed by atoms with Gasteiger partial charge in [0, 0.05) is 19.6 Å². The Balaban J connectivity index is 2.08. The lowest BCUT2D eigenvalue weighted by Crippen LogP contribution is -2.32. The Hall–Kier alpha value is -0.120. The normalized spacial score (nSPS) is 24.7. The molecule has 0 heterocycles. The van der Waals surface area contributed by atoms with Gasteiger partial charge in [0.15, 0.2) is 6.29 Å². The molecule has 2 atom stereocenters. The summed E-state index contributed by atoms with van der Waals surface area (Å²) >= 11 is 0. The van der Waals surface area contributed by atoms with Gasteiger partial charge in [-0.15, -0.1) is 0 Å². The third-order valence-corrected chi connectivity index (χ3v) is 3.96. The molecule has 0 aromatic rings. The summed E-state index contributed by atoms with van der Waals surface area (Å²) in [5.41, 5.74) is 0. The highest BCUT2D eigenvalue weighted by Crippen LogP contribution is 2.28. The van der Waals surface area contributed by atoms with Crippen LogP contribution < -0.4 is 5.32 Å². The van der Waals surface area contributed by atoms with Crippen LogP contribution in [-0.4, -0.2) is 32.6 Å². The minimum absolute atomic E-state index is 0.0312. The molecule has 0 aromatic carbocycles. The molecule has 1 aliphatic rings. The molecule has 0 spiro atoms. The standard InChI is InChI=1S/C15H31NO2/c1-4-17-15(18-5-2)10-11-16-12-14-9-7-6-8-13(14)3/h13-16H,4-12H2,1-3H3. The molecule has 1 fully saturated rings. The van der Waals surface area contributed by atoms with Crippen LogP contribution in [0, 0.1) is 11.8 Å². The number of nitrogens with one attached hydrogen (secondary N) is 1. The maximum atomic E-state index is 5.53. The zero-order chi connectivity index (χ0) is 13.2. The third-order valence-electron chi connectivity index (χ3n) is 3.96. The van der Waals surface area contributed by atoms with Crippen LogP contribution in [0.3, 0.4) is 0 Å². The summed E-state index contributed by atoms with van der Waals surface area (Å²) in [4.78, 5) is 0. The van der Waals surface area contributed by atoms with E-state index in [-0.39, 0.29) is 6.29 Å². The average molecular weight is 257 g/mol. The second kappa shape index (κ2) is 9.76. The summed E-state index contributed by atoms with van der Waals surface area (Å²) in [7, 11) is 0. The molecular formula is C15H31NO2. The Morgan fingerprint density at radius 3 is 2.39 bits per heavy atom. The van der Waals surface area contributed by atoms with E-state index in [4.69, 9.17) is 9.47 Å². The molecule has 0 amide bonds. The molecule has 18 heavy (non-hydrogen) atoms. The first-order valence-corrected chi connectivity index (χ1v) is 7.71. The Kier molecular flexibility index (Phi) is 8.64. The first-order valence-electron chi connectivity index (χ1n) is 7.71. The topological polar surface area (TPSA) is 30.5 Å². The molecule has 3 heteroatoms. The van der Waals surface area contributed by atoms with Crippen molar-refractivity contribution in [3.63, 3.8) is 0 Å². The molecular weight excluding hydrogens is 226 g/mol. The lowest BCUT2D eigenvalue weighted by atomic mass is 9.80. The highest BCUT2D eigenvalue weighted by atomic mass is 16.7. The van der Waals surface area contributed by atoms with Crippen molar-refractivity contribution >= 4 is 0 Å². The van der Waals surface area contributed by atoms with Crippen molar-refractivity contribution in [1.29, 1.82) is 0 Å². The number of rotatable bonds is 9. The number of hydrogen-bond donors (Lipinski definition) is 1. The Bertz CT molecular complexity index is 193. The summed E-state index contributed by atoms with van der Waals surface area (Å²) in [6.07, 6.45) is 6.56. The van der Waals surface area contributed by atoms with E-state index in [1.807, 2.05) is 13.8 Å². The predicted molar refractivity (Wildman–Crippen MR) is 75.6 cm³/mol. The minimum atomic E-state index is -0.0312. The van der Waals surface area contributed by atoms with E-state index in [0.717, 1.165) is 44.6 Å². The number of ether oxygens (including phenoxy) is 2. The van der Waals surface area contributed by atoms with Crippen molar-refractivity contribution in [3.8, 4) is 0 Å². The minimum Gasteiger partial charge on any atom is -0.353 e. The van der Waals surface area contributed by atoms with Crippen molar-refractivity contribution in [3.05, 3.63) is 0 Å². The molecule has 1 aliphatic carbocycles. The predicted octanol–water partition coefficient (Wildman–Crippen LogP) is 3.19. The fourth-order valence-corrected chi connectivity index (χ4v) is 2.79. The van der Waals surface area contributed by atoms with Crippen molar-refractivity contribution in [1.82, 2.24) is 5.32 Å². The lowest BCUT2D eigenvalue weighted by Gasteiger charge is -2.29. The summed E-state index contributed by atoms with van der Waals surface area (Å²) in [6.45, 7) is 10.0. The van der Waals surface area contributed by atoms with E-state index in [9.17, 15) is 0 Å². The molecule has 2 unspecified atom stereocenters. The maximum Gasteiger partial charge on any atom is 0.158 e. The summed E-state index contributed by atoms with van der Waals surface area (Å²) in [5.74, 6) is 1.76.